The van der Waals surface area contributed by atoms with Gasteiger partial charge in [-0.15, -0.1) is 0 Å². The van der Waals surface area contributed by atoms with E-state index >= 15 is 0 Å². The normalized spacial score (nSPS) is 12.5. The molecule has 0 aromatic heterocycles. The summed E-state index contributed by atoms with van der Waals surface area (Å²) in [6.45, 7) is 12.1. The van der Waals surface area contributed by atoms with Gasteiger partial charge in [0.05, 0.1) is 50.8 Å². The summed E-state index contributed by atoms with van der Waals surface area (Å²) >= 11 is 0. The van der Waals surface area contributed by atoms with Crippen LogP contribution in [0.1, 0.15) is 20.8 Å². The van der Waals surface area contributed by atoms with E-state index in [0.717, 1.165) is 0 Å². The minimum atomic E-state index is -1.12. The van der Waals surface area contributed by atoms with Crippen molar-refractivity contribution < 1.29 is 33.6 Å². The predicted molar refractivity (Wildman–Crippen MR) is 106 cm³/mol. The largest absolute Gasteiger partial charge is 0.491 e. The highest BCUT2D eigenvalue weighted by molar-refractivity contribution is 5.87. The molecular weight excluding hydrogens is 364 g/mol. The van der Waals surface area contributed by atoms with E-state index in [9.17, 15) is 4.79 Å². The minimum absolute atomic E-state index is 0.0573. The van der Waals surface area contributed by atoms with Crippen molar-refractivity contribution in [1.82, 2.24) is 0 Å². The van der Waals surface area contributed by atoms with Crippen LogP contribution in [0, 0.1) is 0 Å². The van der Waals surface area contributed by atoms with Crippen LogP contribution < -0.4 is 4.74 Å². The average molecular weight is 396 g/mol. The highest BCUT2D eigenvalue weighted by Crippen LogP contribution is 2.12. The molecule has 0 aliphatic rings. The van der Waals surface area contributed by atoms with E-state index in [2.05, 4.69) is 6.58 Å². The maximum atomic E-state index is 11.2. The zero-order valence-corrected chi connectivity index (χ0v) is 17.0. The second kappa shape index (κ2) is 13.3. The van der Waals surface area contributed by atoms with Gasteiger partial charge in [0.1, 0.15) is 18.5 Å². The number of carbonyl (C=O) groups is 1. The number of carboxylic acid groups (broad SMARTS) is 1. The van der Waals surface area contributed by atoms with Crippen LogP contribution >= 0.6 is 0 Å². The number of hydrogen-bond donors (Lipinski definition) is 1. The molecule has 0 saturated heterocycles. The summed E-state index contributed by atoms with van der Waals surface area (Å²) in [5.74, 6) is -0.480. The summed E-state index contributed by atoms with van der Waals surface area (Å²) in [5, 5.41) is 9.15. The summed E-state index contributed by atoms with van der Waals surface area (Å²) in [7, 11) is 0. The van der Waals surface area contributed by atoms with Crippen LogP contribution in [0.5, 0.6) is 5.75 Å². The topological polar surface area (TPSA) is 83.5 Å². The van der Waals surface area contributed by atoms with Crippen molar-refractivity contribution in [2.45, 2.75) is 32.5 Å². The number of ether oxygens (including phenoxy) is 5. The Morgan fingerprint density at radius 2 is 1.57 bits per heavy atom. The summed E-state index contributed by atoms with van der Waals surface area (Å²) in [6.07, 6.45) is -0.757. The second-order valence-electron chi connectivity index (χ2n) is 7.00. The number of hydrogen-bond acceptors (Lipinski definition) is 6. The monoisotopic (exact) mass is 396 g/mol. The van der Waals surface area contributed by atoms with Gasteiger partial charge in [-0.3, -0.25) is 0 Å². The first kappa shape index (κ1) is 24.1. The van der Waals surface area contributed by atoms with Crippen molar-refractivity contribution in [3.05, 3.63) is 42.5 Å². The first-order valence-electron chi connectivity index (χ1n) is 9.30. The fourth-order valence-corrected chi connectivity index (χ4v) is 2.05. The molecule has 0 spiro atoms. The molecule has 0 amide bonds. The van der Waals surface area contributed by atoms with Crippen LogP contribution in [0.2, 0.25) is 0 Å². The highest BCUT2D eigenvalue weighted by atomic mass is 16.6. The zero-order valence-electron chi connectivity index (χ0n) is 17.0. The van der Waals surface area contributed by atoms with E-state index in [1.165, 1.54) is 0 Å². The molecule has 1 unspecified atom stereocenters. The van der Waals surface area contributed by atoms with Gasteiger partial charge in [-0.25, -0.2) is 4.79 Å². The maximum Gasteiger partial charge on any atom is 0.333 e. The number of rotatable bonds is 15. The molecule has 1 rings (SSSR count). The molecule has 0 heterocycles. The van der Waals surface area contributed by atoms with Gasteiger partial charge in [-0.05, 0) is 32.9 Å². The fourth-order valence-electron chi connectivity index (χ4n) is 2.05. The van der Waals surface area contributed by atoms with Crippen molar-refractivity contribution in [1.29, 1.82) is 0 Å². The van der Waals surface area contributed by atoms with Gasteiger partial charge >= 0.3 is 5.97 Å². The van der Waals surface area contributed by atoms with Gasteiger partial charge in [0.25, 0.3) is 0 Å². The Kier molecular flexibility index (Phi) is 11.4. The van der Waals surface area contributed by atoms with E-state index in [0.29, 0.717) is 38.8 Å². The van der Waals surface area contributed by atoms with Crippen molar-refractivity contribution >= 4 is 5.97 Å². The molecule has 1 aromatic carbocycles. The average Bonchev–Trinajstić information content (AvgIpc) is 2.65. The number of carboxylic acids is 1. The maximum absolute atomic E-state index is 11.2. The van der Waals surface area contributed by atoms with Gasteiger partial charge in [-0.1, -0.05) is 24.8 Å². The van der Waals surface area contributed by atoms with Crippen molar-refractivity contribution in [2.75, 3.05) is 46.2 Å². The standard InChI is InChI=1S/C21H32O7/c1-17(20(22)23)19(16-27-18-8-6-5-7-9-18)26-14-12-24-10-11-25-13-15-28-21(2,3)4/h5-9,19H,1,10-16H2,2-4H3,(H,22,23). The van der Waals surface area contributed by atoms with Gasteiger partial charge in [0, 0.05) is 0 Å². The molecule has 1 aromatic rings. The Balaban J connectivity index is 2.17. The quantitative estimate of drug-likeness (QED) is 0.360. The molecule has 7 nitrogen and oxygen atoms in total. The van der Waals surface area contributed by atoms with E-state index in [-0.39, 0.29) is 24.4 Å². The van der Waals surface area contributed by atoms with Crippen LogP contribution in [-0.4, -0.2) is 69.0 Å². The third kappa shape index (κ3) is 11.7. The number of benzene rings is 1. The second-order valence-corrected chi connectivity index (χ2v) is 7.00. The Labute approximate surface area is 167 Å². The van der Waals surface area contributed by atoms with Crippen molar-refractivity contribution in [3.8, 4) is 5.75 Å². The first-order valence-corrected chi connectivity index (χ1v) is 9.30. The third-order valence-corrected chi connectivity index (χ3v) is 3.49. The van der Waals surface area contributed by atoms with Gasteiger partial charge in [0.15, 0.2) is 0 Å². The molecule has 0 radical (unpaired) electrons. The van der Waals surface area contributed by atoms with Crippen molar-refractivity contribution in [2.24, 2.45) is 0 Å². The van der Waals surface area contributed by atoms with E-state index in [1.807, 2.05) is 39.0 Å². The van der Waals surface area contributed by atoms with Crippen LogP contribution in [-0.2, 0) is 23.7 Å². The van der Waals surface area contributed by atoms with Gasteiger partial charge in [-0.2, -0.15) is 0 Å². The molecule has 0 fully saturated rings. The summed E-state index contributed by atoms with van der Waals surface area (Å²) < 4.78 is 27.5. The molecule has 0 aliphatic carbocycles. The lowest BCUT2D eigenvalue weighted by atomic mass is 10.2. The van der Waals surface area contributed by atoms with Gasteiger partial charge < -0.3 is 28.8 Å². The van der Waals surface area contributed by atoms with Crippen LogP contribution in [0.25, 0.3) is 0 Å². The van der Waals surface area contributed by atoms with Crippen LogP contribution in [0.4, 0.5) is 0 Å². The Morgan fingerprint density at radius 1 is 1.00 bits per heavy atom. The van der Waals surface area contributed by atoms with E-state index < -0.39 is 12.1 Å². The highest BCUT2D eigenvalue weighted by Gasteiger charge is 2.20. The summed E-state index contributed by atoms with van der Waals surface area (Å²) in [5.41, 5.74) is -0.226. The smallest absolute Gasteiger partial charge is 0.333 e. The third-order valence-electron chi connectivity index (χ3n) is 3.49. The Bertz CT molecular complexity index is 566. The van der Waals surface area contributed by atoms with Crippen LogP contribution in [0.15, 0.2) is 42.5 Å². The van der Waals surface area contributed by atoms with Crippen LogP contribution in [0.3, 0.4) is 0 Å². The molecule has 0 bridgehead atoms. The molecule has 1 N–H and O–H groups in total. The molecule has 0 saturated carbocycles. The SMILES string of the molecule is C=C(C(=O)O)C(COc1ccccc1)OCCOCCOCCOC(C)(C)C. The minimum Gasteiger partial charge on any atom is -0.491 e. The summed E-state index contributed by atoms with van der Waals surface area (Å²) in [6, 6.07) is 9.12. The molecule has 0 aliphatic heterocycles. The Hall–Kier alpha value is -1.93. The lowest BCUT2D eigenvalue weighted by Crippen LogP contribution is -2.29. The molecule has 158 valence electrons. The number of para-hydroxylation sites is 1. The van der Waals surface area contributed by atoms with E-state index in [1.54, 1.807) is 12.1 Å². The molecule has 28 heavy (non-hydrogen) atoms. The van der Waals surface area contributed by atoms with Crippen molar-refractivity contribution in [3.63, 3.8) is 0 Å². The summed E-state index contributed by atoms with van der Waals surface area (Å²) in [4.78, 5) is 11.2. The molecular formula is C21H32O7. The molecule has 7 heteroatoms. The number of aliphatic carboxylic acids is 1. The molecule has 1 atom stereocenters. The predicted octanol–water partition coefficient (Wildman–Crippen LogP) is 2.94. The zero-order chi connectivity index (χ0) is 20.8. The van der Waals surface area contributed by atoms with E-state index in [4.69, 9.17) is 28.8 Å². The lowest BCUT2D eigenvalue weighted by molar-refractivity contribution is -0.134. The lowest BCUT2D eigenvalue weighted by Gasteiger charge is -2.19. The Morgan fingerprint density at radius 3 is 2.14 bits per heavy atom. The fraction of sp³-hybridized carbons (Fsp3) is 0.571. The van der Waals surface area contributed by atoms with Gasteiger partial charge in [0.2, 0.25) is 0 Å². The first-order chi connectivity index (χ1) is 13.3.